The van der Waals surface area contributed by atoms with Gasteiger partial charge in [0.05, 0.1) is 5.39 Å². The predicted octanol–water partition coefficient (Wildman–Crippen LogP) is 35.6. The minimum atomic E-state index is -0.137. The molecule has 0 amide bonds. The molecule has 5 heterocycles. The van der Waals surface area contributed by atoms with Gasteiger partial charge in [-0.25, -0.2) is 0 Å². The lowest BCUT2D eigenvalue weighted by molar-refractivity contribution is 0.633. The zero-order valence-corrected chi connectivity index (χ0v) is 69.6. The largest absolute Gasteiger partial charge is 0.456 e. The van der Waals surface area contributed by atoms with Crippen LogP contribution in [0.3, 0.4) is 0 Å². The van der Waals surface area contributed by atoms with E-state index in [1.165, 1.54) is 197 Å². The fourth-order valence-electron chi connectivity index (χ4n) is 22.9. The van der Waals surface area contributed by atoms with Gasteiger partial charge in [-0.15, -0.1) is 0 Å². The lowest BCUT2D eigenvalue weighted by Crippen LogP contribution is -2.14. The van der Waals surface area contributed by atoms with Gasteiger partial charge in [-0.3, -0.25) is 0 Å². The van der Waals surface area contributed by atoms with Gasteiger partial charge in [0, 0.05) is 59.5 Å². The van der Waals surface area contributed by atoms with Gasteiger partial charge >= 0.3 is 0 Å². The minimum Gasteiger partial charge on any atom is -0.456 e. The number of benzene rings is 24. The summed E-state index contributed by atoms with van der Waals surface area (Å²) in [6.45, 7) is 4.71. The molecule has 5 aromatic heterocycles. The van der Waals surface area contributed by atoms with Crippen molar-refractivity contribution >= 4 is 207 Å². The summed E-state index contributed by atoms with van der Waals surface area (Å²) in [5, 5.41) is 33.6. The van der Waals surface area contributed by atoms with E-state index in [1.807, 2.05) is 24.3 Å². The fraction of sp³-hybridized carbons (Fsp3) is 0.0244. The Labute approximate surface area is 732 Å². The van der Waals surface area contributed by atoms with Gasteiger partial charge in [0.25, 0.3) is 0 Å². The van der Waals surface area contributed by atoms with E-state index in [1.54, 1.807) is 0 Å². The summed E-state index contributed by atoms with van der Waals surface area (Å²) < 4.78 is 33.0. The molecule has 1 aliphatic rings. The van der Waals surface area contributed by atoms with Crippen molar-refractivity contribution in [3.05, 3.63) is 412 Å². The number of rotatable bonds is 6. The average molecular weight is 1630 g/mol. The van der Waals surface area contributed by atoms with E-state index in [0.717, 1.165) is 98.9 Å². The number of para-hydroxylation sites is 2. The molecule has 594 valence electrons. The Morgan fingerprint density at radius 2 is 0.469 bits per heavy atom. The van der Waals surface area contributed by atoms with E-state index in [-0.39, 0.29) is 5.41 Å². The summed E-state index contributed by atoms with van der Waals surface area (Å²) in [5.41, 5.74) is 29.0. The highest BCUT2D eigenvalue weighted by Gasteiger charge is 2.40. The molecule has 0 unspecified atom stereocenters. The smallest absolute Gasteiger partial charge is 0.179 e. The Morgan fingerprint density at radius 3 is 0.906 bits per heavy atom. The van der Waals surface area contributed by atoms with Crippen LogP contribution in [0.5, 0.6) is 0 Å². The van der Waals surface area contributed by atoms with Crippen LogP contribution < -0.4 is 0 Å². The number of hydrogen-bond acceptors (Lipinski definition) is 5. The summed E-state index contributed by atoms with van der Waals surface area (Å²) in [4.78, 5) is 0. The molecule has 0 aliphatic heterocycles. The zero-order chi connectivity index (χ0) is 83.9. The quantitative estimate of drug-likeness (QED) is 0.123. The van der Waals surface area contributed by atoms with Gasteiger partial charge in [0.1, 0.15) is 44.7 Å². The van der Waals surface area contributed by atoms with Crippen molar-refractivity contribution in [3.63, 3.8) is 0 Å². The van der Waals surface area contributed by atoms with Crippen LogP contribution in [0, 0.1) is 0 Å². The van der Waals surface area contributed by atoms with E-state index < -0.39 is 0 Å². The van der Waals surface area contributed by atoms with Crippen LogP contribution in [0.4, 0.5) is 0 Å². The van der Waals surface area contributed by atoms with E-state index in [2.05, 4.69) is 390 Å². The number of fused-ring (bicyclic) bond motifs is 18. The molecule has 24 aromatic carbocycles. The predicted molar refractivity (Wildman–Crippen MR) is 537 cm³/mol. The molecule has 5 heteroatoms. The SMILES string of the molecule is CC1(C)c2ccccc2-c2c1cc1c(-c3c4ccccc4c(-c4ccccc4)c4ccccc34)cc3cccc4oc2c1c34.c1ccc(-c2c3ccccc3c(-c3cc4cccc5oc6c7c(cc3c6c45)oc3ccccc37)c3ccccc23)cc1.c1ccc(-c2c3ccccc3c(-c3cc4cccc5oc6c7oc8ccccc8c7cc3c6c45)c3ccccc23)cc1. The van der Waals surface area contributed by atoms with Crippen molar-refractivity contribution in [2.45, 2.75) is 19.3 Å². The van der Waals surface area contributed by atoms with Crippen LogP contribution in [-0.2, 0) is 5.41 Å². The fourth-order valence-corrected chi connectivity index (χ4v) is 22.9. The first-order valence-corrected chi connectivity index (χ1v) is 44.2. The number of hydrogen-bond donors (Lipinski definition) is 0. The maximum absolute atomic E-state index is 6.85. The Kier molecular flexibility index (Phi) is 14.8. The molecule has 0 saturated carbocycles. The molecule has 5 nitrogen and oxygen atoms in total. The Bertz CT molecular complexity index is 9560. The van der Waals surface area contributed by atoms with Crippen molar-refractivity contribution in [1.82, 2.24) is 0 Å². The van der Waals surface area contributed by atoms with Crippen molar-refractivity contribution in [3.8, 4) is 77.9 Å². The van der Waals surface area contributed by atoms with Crippen molar-refractivity contribution in [1.29, 1.82) is 0 Å². The van der Waals surface area contributed by atoms with Gasteiger partial charge in [0.15, 0.2) is 11.2 Å². The Morgan fingerprint density at radius 1 is 0.156 bits per heavy atom. The van der Waals surface area contributed by atoms with Crippen LogP contribution >= 0.6 is 0 Å². The van der Waals surface area contributed by atoms with Gasteiger partial charge in [-0.1, -0.05) is 347 Å². The monoisotopic (exact) mass is 1630 g/mol. The van der Waals surface area contributed by atoms with Gasteiger partial charge in [-0.2, -0.15) is 0 Å². The van der Waals surface area contributed by atoms with E-state index in [9.17, 15) is 0 Å². The van der Waals surface area contributed by atoms with Gasteiger partial charge < -0.3 is 22.1 Å². The molecule has 0 fully saturated rings. The van der Waals surface area contributed by atoms with Crippen LogP contribution in [0.2, 0.25) is 0 Å². The summed E-state index contributed by atoms with van der Waals surface area (Å²) in [6, 6.07) is 144. The van der Waals surface area contributed by atoms with Gasteiger partial charge in [0.2, 0.25) is 0 Å². The molecule has 0 radical (unpaired) electrons. The summed E-state index contributed by atoms with van der Waals surface area (Å²) in [5.74, 6) is 0. The van der Waals surface area contributed by atoms with E-state index >= 15 is 0 Å². The van der Waals surface area contributed by atoms with Crippen LogP contribution in [0.15, 0.2) is 422 Å². The molecular formula is C123H72O5. The minimum absolute atomic E-state index is 0.137. The third kappa shape index (κ3) is 9.90. The first-order valence-electron chi connectivity index (χ1n) is 44.2. The first-order chi connectivity index (χ1) is 63.3. The second kappa shape index (κ2) is 26.7. The maximum Gasteiger partial charge on any atom is 0.179 e. The van der Waals surface area contributed by atoms with Crippen molar-refractivity contribution < 1.29 is 22.1 Å². The summed E-state index contributed by atoms with van der Waals surface area (Å²) >= 11 is 0. The molecule has 29 aromatic rings. The highest BCUT2D eigenvalue weighted by Crippen LogP contribution is 2.59. The highest BCUT2D eigenvalue weighted by atomic mass is 16.4. The standard InChI is InChI=1S/C43H28O.2C40H22O2/c1-43(2)34-21-11-10-20-31(34)40-35(43)24-33-32(23-26-15-12-22-36-38(26)41(33)42(40)44-36)39-29-18-8-6-16-27(29)37(25-13-4-3-5-14-25)28-17-7-9-19-30(28)39;1-2-11-23(12-3-1)35-26-15-4-6-17-28(26)37(29-18-7-5-16-27(29)35)30-21-24-13-10-20-34-36(24)38-31(30)22-32-25-14-8-9-19-33(25)41-39(32)40(38)42-34;1-2-11-23(12-3-1)35-25-14-4-6-16-27(25)37(28-17-7-5-15-26(28)35)30-21-24-13-10-20-33-36(24)39-31(30)22-34-38(40(39)42-33)29-18-8-9-19-32(29)41-34/h3-24H,1-2H3;2*1-22H. The molecule has 0 saturated heterocycles. The van der Waals surface area contributed by atoms with Crippen LogP contribution in [0.1, 0.15) is 25.0 Å². The third-order valence-electron chi connectivity index (χ3n) is 28.2. The third-order valence-corrected chi connectivity index (χ3v) is 28.2. The molecule has 0 bridgehead atoms. The molecule has 128 heavy (non-hydrogen) atoms. The Balaban J connectivity index is 0.0000000971. The normalized spacial score (nSPS) is 12.8. The molecule has 0 atom stereocenters. The molecule has 0 N–H and O–H groups in total. The Hall–Kier alpha value is -16.6. The van der Waals surface area contributed by atoms with E-state index in [0.29, 0.717) is 0 Å². The molecule has 1 aliphatic carbocycles. The van der Waals surface area contributed by atoms with E-state index in [4.69, 9.17) is 22.1 Å². The topological polar surface area (TPSA) is 65.7 Å². The number of furan rings is 5. The lowest BCUT2D eigenvalue weighted by Gasteiger charge is -2.23. The lowest BCUT2D eigenvalue weighted by atomic mass is 9.80. The summed E-state index contributed by atoms with van der Waals surface area (Å²) in [6.07, 6.45) is 0. The molecular weight excluding hydrogens is 1560 g/mol. The van der Waals surface area contributed by atoms with Crippen molar-refractivity contribution in [2.75, 3.05) is 0 Å². The average Bonchev–Trinajstić information content (AvgIpc) is 1.52. The van der Waals surface area contributed by atoms with Gasteiger partial charge in [-0.05, 0) is 247 Å². The van der Waals surface area contributed by atoms with Crippen molar-refractivity contribution in [2.24, 2.45) is 0 Å². The highest BCUT2D eigenvalue weighted by molar-refractivity contribution is 6.38. The molecule has 30 rings (SSSR count). The maximum atomic E-state index is 6.85. The van der Waals surface area contributed by atoms with Crippen LogP contribution in [-0.4, -0.2) is 0 Å². The molecule has 0 spiro atoms. The second-order valence-corrected chi connectivity index (χ2v) is 35.2. The van der Waals surface area contributed by atoms with Crippen LogP contribution in [0.25, 0.3) is 285 Å². The zero-order valence-electron chi connectivity index (χ0n) is 69.6. The first kappa shape index (κ1) is 70.9. The summed E-state index contributed by atoms with van der Waals surface area (Å²) in [7, 11) is 0. The second-order valence-electron chi connectivity index (χ2n) is 35.2.